The molecule has 2 N–H and O–H groups in total. The fourth-order valence-corrected chi connectivity index (χ4v) is 3.14. The molecule has 0 aliphatic carbocycles. The number of fused-ring (bicyclic) bond motifs is 1. The minimum Gasteiger partial charge on any atom is -0.489 e. The third-order valence-electron chi connectivity index (χ3n) is 4.28. The Morgan fingerprint density at radius 1 is 1.16 bits per heavy atom. The number of rotatable bonds is 4. The second-order valence-electron chi connectivity index (χ2n) is 6.12. The van der Waals surface area contributed by atoms with Crippen LogP contribution in [0.3, 0.4) is 0 Å². The molecule has 0 bridgehead atoms. The smallest absolute Gasteiger partial charge is 0.138 e. The summed E-state index contributed by atoms with van der Waals surface area (Å²) in [5.41, 5.74) is 0.845. The highest BCUT2D eigenvalue weighted by atomic mass is 35.5. The van der Waals surface area contributed by atoms with Crippen LogP contribution in [0.25, 0.3) is 10.8 Å². The van der Waals surface area contributed by atoms with Crippen molar-refractivity contribution in [2.45, 2.75) is 18.9 Å². The third kappa shape index (κ3) is 3.83. The Morgan fingerprint density at radius 2 is 2.12 bits per heavy atom. The molecule has 0 radical (unpaired) electrons. The molecule has 1 fully saturated rings. The Bertz CT molecular complexity index is 863. The van der Waals surface area contributed by atoms with Crippen molar-refractivity contribution >= 4 is 33.9 Å². The van der Waals surface area contributed by atoms with Gasteiger partial charge in [-0.3, -0.25) is 0 Å². The number of benzene rings is 1. The number of pyridine rings is 2. The molecule has 25 heavy (non-hydrogen) atoms. The van der Waals surface area contributed by atoms with Crippen LogP contribution in [-0.2, 0) is 0 Å². The minimum absolute atomic E-state index is 0.241. The maximum atomic E-state index is 6.11. The van der Waals surface area contributed by atoms with E-state index in [1.807, 2.05) is 24.3 Å². The normalized spacial score (nSPS) is 17.4. The SMILES string of the molecule is Clc1ccc(Nc2nccc3cc(O[C@H]4CCCNC4)ccc23)cn1. The summed E-state index contributed by atoms with van der Waals surface area (Å²) in [5.74, 6) is 1.68. The highest BCUT2D eigenvalue weighted by Gasteiger charge is 2.14. The van der Waals surface area contributed by atoms with E-state index in [1.54, 1.807) is 18.5 Å². The maximum Gasteiger partial charge on any atom is 0.138 e. The largest absolute Gasteiger partial charge is 0.489 e. The molecule has 0 unspecified atom stereocenters. The molecular weight excluding hydrogens is 336 g/mol. The molecule has 1 aliphatic heterocycles. The predicted molar refractivity (Wildman–Crippen MR) is 101 cm³/mol. The van der Waals surface area contributed by atoms with Crippen LogP contribution in [0.2, 0.25) is 5.15 Å². The Hall–Kier alpha value is -2.37. The summed E-state index contributed by atoms with van der Waals surface area (Å²) < 4.78 is 6.11. The van der Waals surface area contributed by atoms with E-state index in [2.05, 4.69) is 26.7 Å². The molecule has 0 amide bonds. The second kappa shape index (κ2) is 7.25. The minimum atomic E-state index is 0.241. The monoisotopic (exact) mass is 354 g/mol. The van der Waals surface area contributed by atoms with Crippen molar-refractivity contribution in [1.82, 2.24) is 15.3 Å². The van der Waals surface area contributed by atoms with Gasteiger partial charge < -0.3 is 15.4 Å². The van der Waals surface area contributed by atoms with E-state index in [0.29, 0.717) is 5.15 Å². The highest BCUT2D eigenvalue weighted by Crippen LogP contribution is 2.28. The lowest BCUT2D eigenvalue weighted by Crippen LogP contribution is -2.37. The first-order valence-corrected chi connectivity index (χ1v) is 8.80. The summed E-state index contributed by atoms with van der Waals surface area (Å²) in [4.78, 5) is 8.53. The zero-order valence-electron chi connectivity index (χ0n) is 13.7. The molecule has 2 aromatic heterocycles. The second-order valence-corrected chi connectivity index (χ2v) is 6.51. The maximum absolute atomic E-state index is 6.11. The van der Waals surface area contributed by atoms with Gasteiger partial charge in [-0.2, -0.15) is 0 Å². The van der Waals surface area contributed by atoms with Crippen LogP contribution in [0, 0.1) is 0 Å². The van der Waals surface area contributed by atoms with E-state index in [-0.39, 0.29) is 6.10 Å². The Morgan fingerprint density at radius 3 is 2.92 bits per heavy atom. The molecule has 4 rings (SSSR count). The standard InChI is InChI=1S/C19H19ClN4O/c20-18-6-3-14(11-23-18)24-19-17-5-4-15(10-13(17)7-9-22-19)25-16-2-1-8-21-12-16/h3-7,9-11,16,21H,1-2,8,12H2,(H,22,24)/t16-/m0/s1. The number of nitrogens with zero attached hydrogens (tertiary/aromatic N) is 2. The van der Waals surface area contributed by atoms with Gasteiger partial charge in [0.05, 0.1) is 11.9 Å². The summed E-state index contributed by atoms with van der Waals surface area (Å²) in [7, 11) is 0. The van der Waals surface area contributed by atoms with Crippen molar-refractivity contribution in [3.63, 3.8) is 0 Å². The fourth-order valence-electron chi connectivity index (χ4n) is 3.03. The summed E-state index contributed by atoms with van der Waals surface area (Å²) >= 11 is 5.83. The Balaban J connectivity index is 1.57. The van der Waals surface area contributed by atoms with Crippen molar-refractivity contribution in [3.8, 4) is 5.75 Å². The van der Waals surface area contributed by atoms with Gasteiger partial charge in [-0.15, -0.1) is 0 Å². The highest BCUT2D eigenvalue weighted by molar-refractivity contribution is 6.29. The van der Waals surface area contributed by atoms with E-state index in [9.17, 15) is 0 Å². The molecule has 3 aromatic rings. The molecule has 128 valence electrons. The molecule has 1 saturated heterocycles. The number of hydrogen-bond acceptors (Lipinski definition) is 5. The van der Waals surface area contributed by atoms with Gasteiger partial charge in [0.1, 0.15) is 22.8 Å². The lowest BCUT2D eigenvalue weighted by molar-refractivity contribution is 0.167. The first kappa shape index (κ1) is 16.1. The van der Waals surface area contributed by atoms with Crippen molar-refractivity contribution < 1.29 is 4.74 Å². The van der Waals surface area contributed by atoms with Crippen molar-refractivity contribution in [2.75, 3.05) is 18.4 Å². The van der Waals surface area contributed by atoms with Gasteiger partial charge in [-0.25, -0.2) is 9.97 Å². The number of hydrogen-bond donors (Lipinski definition) is 2. The number of aromatic nitrogens is 2. The van der Waals surface area contributed by atoms with Crippen molar-refractivity contribution in [3.05, 3.63) is 53.9 Å². The summed E-state index contributed by atoms with van der Waals surface area (Å²) in [6.45, 7) is 1.99. The summed E-state index contributed by atoms with van der Waals surface area (Å²) in [6.07, 6.45) is 5.98. The Labute approximate surface area is 151 Å². The predicted octanol–water partition coefficient (Wildman–Crippen LogP) is 4.16. The molecule has 0 saturated carbocycles. The third-order valence-corrected chi connectivity index (χ3v) is 4.50. The van der Waals surface area contributed by atoms with Gasteiger partial charge in [0.15, 0.2) is 0 Å². The van der Waals surface area contributed by atoms with E-state index in [1.165, 1.54) is 0 Å². The molecular formula is C19H19ClN4O. The van der Waals surface area contributed by atoms with Crippen LogP contribution in [0.15, 0.2) is 48.8 Å². The zero-order valence-corrected chi connectivity index (χ0v) is 14.5. The van der Waals surface area contributed by atoms with Gasteiger partial charge in [-0.1, -0.05) is 11.6 Å². The van der Waals surface area contributed by atoms with Crippen LogP contribution < -0.4 is 15.4 Å². The first-order valence-electron chi connectivity index (χ1n) is 8.43. The Kier molecular flexibility index (Phi) is 4.68. The molecule has 3 heterocycles. The molecule has 6 heteroatoms. The van der Waals surface area contributed by atoms with Crippen LogP contribution >= 0.6 is 11.6 Å². The number of halogens is 1. The van der Waals surface area contributed by atoms with Gasteiger partial charge in [0.25, 0.3) is 0 Å². The van der Waals surface area contributed by atoms with Gasteiger partial charge in [-0.05, 0) is 61.2 Å². The number of anilines is 2. The molecule has 1 aliphatic rings. The average molecular weight is 355 g/mol. The van der Waals surface area contributed by atoms with Crippen LogP contribution in [0.5, 0.6) is 5.75 Å². The van der Waals surface area contributed by atoms with E-state index < -0.39 is 0 Å². The van der Waals surface area contributed by atoms with Crippen molar-refractivity contribution in [1.29, 1.82) is 0 Å². The lowest BCUT2D eigenvalue weighted by Gasteiger charge is -2.24. The number of ether oxygens (including phenoxy) is 1. The van der Waals surface area contributed by atoms with Gasteiger partial charge in [0, 0.05) is 18.1 Å². The molecule has 1 aromatic carbocycles. The first-order chi connectivity index (χ1) is 12.3. The van der Waals surface area contributed by atoms with Crippen LogP contribution in [0.1, 0.15) is 12.8 Å². The number of nitrogens with one attached hydrogen (secondary N) is 2. The average Bonchev–Trinajstić information content (AvgIpc) is 2.64. The van der Waals surface area contributed by atoms with E-state index in [0.717, 1.165) is 54.0 Å². The molecule has 1 atom stereocenters. The zero-order chi connectivity index (χ0) is 17.1. The fraction of sp³-hybridized carbons (Fsp3) is 0.263. The van der Waals surface area contributed by atoms with Crippen LogP contribution in [-0.4, -0.2) is 29.2 Å². The lowest BCUT2D eigenvalue weighted by atomic mass is 10.1. The molecule has 5 nitrogen and oxygen atoms in total. The summed E-state index contributed by atoms with van der Waals surface area (Å²) in [5, 5.41) is 9.25. The number of piperidine rings is 1. The van der Waals surface area contributed by atoms with E-state index in [4.69, 9.17) is 16.3 Å². The van der Waals surface area contributed by atoms with E-state index >= 15 is 0 Å². The quantitative estimate of drug-likeness (QED) is 0.689. The van der Waals surface area contributed by atoms with Crippen LogP contribution in [0.4, 0.5) is 11.5 Å². The van der Waals surface area contributed by atoms with Gasteiger partial charge in [0.2, 0.25) is 0 Å². The van der Waals surface area contributed by atoms with Gasteiger partial charge >= 0.3 is 0 Å². The van der Waals surface area contributed by atoms with Crippen molar-refractivity contribution in [2.24, 2.45) is 0 Å². The summed E-state index contributed by atoms with van der Waals surface area (Å²) in [6, 6.07) is 11.7. The molecule has 0 spiro atoms. The topological polar surface area (TPSA) is 59.1 Å².